The number of hydrogen-bond donors (Lipinski definition) is 2. The van der Waals surface area contributed by atoms with E-state index in [2.05, 4.69) is 18.5 Å². The van der Waals surface area contributed by atoms with E-state index < -0.39 is 0 Å². The Morgan fingerprint density at radius 1 is 1.28 bits per heavy atom. The van der Waals surface area contributed by atoms with Crippen LogP contribution in [0, 0.1) is 0 Å². The smallest absolute Gasteiger partial charge is 0.224 e. The van der Waals surface area contributed by atoms with Crippen LogP contribution < -0.4 is 5.32 Å². The van der Waals surface area contributed by atoms with Gasteiger partial charge in [-0.1, -0.05) is 12.2 Å². The molecule has 2 N–H and O–H groups in total. The zero-order valence-electron chi connectivity index (χ0n) is 10.3. The van der Waals surface area contributed by atoms with Gasteiger partial charge in [0.05, 0.1) is 5.69 Å². The standard InChI is InChI=1S/C15H17NO2/c1-3-5-11-9-10-7-8-13(17)16-14(10)12(6-4-2)15(11)18/h3-4,9,18H,1-2,5-8H2,(H,16,17). The summed E-state index contributed by atoms with van der Waals surface area (Å²) < 4.78 is 0. The molecule has 0 saturated heterocycles. The third-order valence-electron chi connectivity index (χ3n) is 3.16. The minimum atomic E-state index is 0.00341. The molecular formula is C15H17NO2. The van der Waals surface area contributed by atoms with Crippen LogP contribution in [0.5, 0.6) is 5.75 Å². The summed E-state index contributed by atoms with van der Waals surface area (Å²) in [6.07, 6.45) is 5.87. The molecule has 0 bridgehead atoms. The first-order valence-electron chi connectivity index (χ1n) is 6.05. The number of carbonyl (C=O) groups excluding carboxylic acids is 1. The molecule has 1 amide bonds. The second-order valence-corrected chi connectivity index (χ2v) is 4.43. The number of carbonyl (C=O) groups is 1. The van der Waals surface area contributed by atoms with Crippen LogP contribution in [0.2, 0.25) is 0 Å². The lowest BCUT2D eigenvalue weighted by Gasteiger charge is -2.22. The summed E-state index contributed by atoms with van der Waals surface area (Å²) in [6, 6.07) is 1.96. The van der Waals surface area contributed by atoms with Crippen molar-refractivity contribution in [2.75, 3.05) is 5.32 Å². The van der Waals surface area contributed by atoms with Crippen molar-refractivity contribution in [2.24, 2.45) is 0 Å². The van der Waals surface area contributed by atoms with Crippen LogP contribution >= 0.6 is 0 Å². The highest BCUT2D eigenvalue weighted by Gasteiger charge is 2.21. The fourth-order valence-electron chi connectivity index (χ4n) is 2.31. The van der Waals surface area contributed by atoms with E-state index in [1.54, 1.807) is 12.2 Å². The number of fused-ring (bicyclic) bond motifs is 1. The third-order valence-corrected chi connectivity index (χ3v) is 3.16. The number of phenols is 1. The van der Waals surface area contributed by atoms with Crippen LogP contribution in [0.4, 0.5) is 5.69 Å². The summed E-state index contributed by atoms with van der Waals surface area (Å²) >= 11 is 0. The summed E-state index contributed by atoms with van der Waals surface area (Å²) in [7, 11) is 0. The van der Waals surface area contributed by atoms with Crippen molar-refractivity contribution in [2.45, 2.75) is 25.7 Å². The Balaban J connectivity index is 2.58. The number of amides is 1. The molecule has 1 aliphatic heterocycles. The van der Waals surface area contributed by atoms with E-state index in [1.807, 2.05) is 6.07 Å². The Bertz CT molecular complexity index is 518. The van der Waals surface area contributed by atoms with Gasteiger partial charge < -0.3 is 10.4 Å². The topological polar surface area (TPSA) is 49.3 Å². The van der Waals surface area contributed by atoms with Gasteiger partial charge >= 0.3 is 0 Å². The Labute approximate surface area is 107 Å². The van der Waals surface area contributed by atoms with Crippen LogP contribution in [0.15, 0.2) is 31.4 Å². The predicted molar refractivity (Wildman–Crippen MR) is 72.9 cm³/mol. The lowest BCUT2D eigenvalue weighted by Crippen LogP contribution is -2.20. The SMILES string of the molecule is C=CCc1cc2c(c(CC=C)c1O)NC(=O)CC2. The Morgan fingerprint density at radius 3 is 2.67 bits per heavy atom. The number of benzene rings is 1. The van der Waals surface area contributed by atoms with E-state index in [0.29, 0.717) is 19.3 Å². The van der Waals surface area contributed by atoms with Crippen LogP contribution in [-0.4, -0.2) is 11.0 Å². The Hall–Kier alpha value is -2.03. The van der Waals surface area contributed by atoms with Crippen LogP contribution in [-0.2, 0) is 24.1 Å². The summed E-state index contributed by atoms with van der Waals surface area (Å²) in [5.74, 6) is 0.249. The monoisotopic (exact) mass is 243 g/mol. The molecule has 3 heteroatoms. The molecule has 0 atom stereocenters. The normalized spacial score (nSPS) is 13.7. The summed E-state index contributed by atoms with van der Waals surface area (Å²) in [5.41, 5.74) is 3.46. The first kappa shape index (κ1) is 12.4. The first-order chi connectivity index (χ1) is 8.67. The lowest BCUT2D eigenvalue weighted by atomic mass is 9.92. The molecule has 1 aromatic carbocycles. The van der Waals surface area contributed by atoms with Gasteiger partial charge in [0, 0.05) is 12.0 Å². The van der Waals surface area contributed by atoms with Gasteiger partial charge in [0.15, 0.2) is 0 Å². The molecule has 0 radical (unpaired) electrons. The second-order valence-electron chi connectivity index (χ2n) is 4.43. The average Bonchev–Trinajstić information content (AvgIpc) is 2.35. The molecule has 0 spiro atoms. The van der Waals surface area contributed by atoms with Crippen LogP contribution in [0.25, 0.3) is 0 Å². The number of phenolic OH excluding ortho intramolecular Hbond substituents is 1. The van der Waals surface area contributed by atoms with Crippen LogP contribution in [0.1, 0.15) is 23.1 Å². The molecule has 1 aliphatic rings. The van der Waals surface area contributed by atoms with Gasteiger partial charge in [-0.15, -0.1) is 13.2 Å². The van der Waals surface area contributed by atoms with Crippen molar-refractivity contribution >= 4 is 11.6 Å². The number of aryl methyl sites for hydroxylation is 1. The Kier molecular flexibility index (Phi) is 3.51. The molecule has 1 heterocycles. The minimum absolute atomic E-state index is 0.00341. The number of anilines is 1. The molecule has 2 rings (SSSR count). The molecule has 0 aromatic heterocycles. The quantitative estimate of drug-likeness (QED) is 0.799. The average molecular weight is 243 g/mol. The van der Waals surface area contributed by atoms with Crippen LogP contribution in [0.3, 0.4) is 0 Å². The summed E-state index contributed by atoms with van der Waals surface area (Å²) in [6.45, 7) is 7.39. The fourth-order valence-corrected chi connectivity index (χ4v) is 2.31. The molecule has 0 fully saturated rings. The number of allylic oxidation sites excluding steroid dienone is 2. The van der Waals surface area contributed by atoms with Crippen molar-refractivity contribution in [3.05, 3.63) is 48.1 Å². The molecular weight excluding hydrogens is 226 g/mol. The largest absolute Gasteiger partial charge is 0.507 e. The maximum atomic E-state index is 11.5. The van der Waals surface area contributed by atoms with Gasteiger partial charge in [-0.3, -0.25) is 4.79 Å². The molecule has 1 aromatic rings. The summed E-state index contributed by atoms with van der Waals surface area (Å²) in [4.78, 5) is 11.5. The van der Waals surface area contributed by atoms with Crippen molar-refractivity contribution in [3.8, 4) is 5.75 Å². The van der Waals surface area contributed by atoms with Gasteiger partial charge in [-0.2, -0.15) is 0 Å². The van der Waals surface area contributed by atoms with Crippen molar-refractivity contribution < 1.29 is 9.90 Å². The second kappa shape index (κ2) is 5.08. The van der Waals surface area contributed by atoms with Crippen molar-refractivity contribution in [3.63, 3.8) is 0 Å². The fraction of sp³-hybridized carbons (Fsp3) is 0.267. The van der Waals surface area contributed by atoms with E-state index in [-0.39, 0.29) is 11.7 Å². The highest BCUT2D eigenvalue weighted by Crippen LogP contribution is 2.36. The van der Waals surface area contributed by atoms with E-state index in [4.69, 9.17) is 0 Å². The number of hydrogen-bond acceptors (Lipinski definition) is 2. The van der Waals surface area contributed by atoms with Crippen molar-refractivity contribution in [1.82, 2.24) is 0 Å². The number of rotatable bonds is 4. The lowest BCUT2D eigenvalue weighted by molar-refractivity contribution is -0.116. The molecule has 18 heavy (non-hydrogen) atoms. The Morgan fingerprint density at radius 2 is 2.00 bits per heavy atom. The van der Waals surface area contributed by atoms with Gasteiger partial charge in [0.25, 0.3) is 0 Å². The van der Waals surface area contributed by atoms with Crippen molar-refractivity contribution in [1.29, 1.82) is 0 Å². The maximum Gasteiger partial charge on any atom is 0.224 e. The number of nitrogens with one attached hydrogen (secondary N) is 1. The van der Waals surface area contributed by atoms with E-state index in [1.165, 1.54) is 0 Å². The molecule has 0 aliphatic carbocycles. The third kappa shape index (κ3) is 2.16. The van der Waals surface area contributed by atoms with E-state index >= 15 is 0 Å². The van der Waals surface area contributed by atoms with Gasteiger partial charge in [-0.25, -0.2) is 0 Å². The van der Waals surface area contributed by atoms with Gasteiger partial charge in [0.1, 0.15) is 5.75 Å². The maximum absolute atomic E-state index is 11.5. The zero-order chi connectivity index (χ0) is 13.1. The highest BCUT2D eigenvalue weighted by molar-refractivity contribution is 5.95. The predicted octanol–water partition coefficient (Wildman–Crippen LogP) is 2.73. The molecule has 0 unspecified atom stereocenters. The molecule has 3 nitrogen and oxygen atoms in total. The van der Waals surface area contributed by atoms with Gasteiger partial charge in [0.2, 0.25) is 5.91 Å². The summed E-state index contributed by atoms with van der Waals surface area (Å²) in [5, 5.41) is 13.1. The minimum Gasteiger partial charge on any atom is -0.507 e. The van der Waals surface area contributed by atoms with E-state index in [9.17, 15) is 9.90 Å². The van der Waals surface area contributed by atoms with Gasteiger partial charge in [-0.05, 0) is 36.5 Å². The number of aromatic hydroxyl groups is 1. The zero-order valence-corrected chi connectivity index (χ0v) is 10.3. The molecule has 94 valence electrons. The first-order valence-corrected chi connectivity index (χ1v) is 6.05. The highest BCUT2D eigenvalue weighted by atomic mass is 16.3. The molecule has 0 saturated carbocycles. The van der Waals surface area contributed by atoms with E-state index in [0.717, 1.165) is 28.8 Å².